The van der Waals surface area contributed by atoms with Crippen molar-refractivity contribution < 1.29 is 23.8 Å². The third-order valence-corrected chi connectivity index (χ3v) is 4.91. The standard InChI is InChI=1S/C23H25ClN4O5S/c1-22(2,3)32-20(29)28(21(30)33-23(4,5)6)19-27-17(14-10-8-7-9-11-14)18(34-19)31-16-12-15(24)25-13-26-16/h7-13H,1-6H3. The number of thiazole rings is 1. The third kappa shape index (κ3) is 6.88. The molecule has 0 saturated heterocycles. The summed E-state index contributed by atoms with van der Waals surface area (Å²) in [7, 11) is 0. The molecular weight excluding hydrogens is 480 g/mol. The molecule has 0 aliphatic heterocycles. The summed E-state index contributed by atoms with van der Waals surface area (Å²) in [5, 5.41) is 0.491. The predicted octanol–water partition coefficient (Wildman–Crippen LogP) is 6.72. The maximum absolute atomic E-state index is 13.0. The summed E-state index contributed by atoms with van der Waals surface area (Å²) in [6.07, 6.45) is -0.589. The number of anilines is 1. The Morgan fingerprint density at radius 3 is 2.06 bits per heavy atom. The molecule has 2 heterocycles. The van der Waals surface area contributed by atoms with E-state index < -0.39 is 23.4 Å². The van der Waals surface area contributed by atoms with E-state index in [1.54, 1.807) is 41.5 Å². The second-order valence-electron chi connectivity index (χ2n) is 9.08. The first-order valence-corrected chi connectivity index (χ1v) is 11.5. The number of rotatable bonds is 4. The van der Waals surface area contributed by atoms with E-state index >= 15 is 0 Å². The van der Waals surface area contributed by atoms with Crippen molar-refractivity contribution in [1.82, 2.24) is 15.0 Å². The summed E-state index contributed by atoms with van der Waals surface area (Å²) in [6.45, 7) is 10.2. The van der Waals surface area contributed by atoms with Gasteiger partial charge >= 0.3 is 12.2 Å². The molecule has 0 bridgehead atoms. The van der Waals surface area contributed by atoms with Gasteiger partial charge in [0.15, 0.2) is 0 Å². The summed E-state index contributed by atoms with van der Waals surface area (Å²) in [4.78, 5) is 39.3. The molecule has 0 N–H and O–H groups in total. The molecule has 0 radical (unpaired) electrons. The van der Waals surface area contributed by atoms with E-state index in [0.717, 1.165) is 16.2 Å². The Labute approximate surface area is 206 Å². The van der Waals surface area contributed by atoms with Gasteiger partial charge in [0.25, 0.3) is 0 Å². The average molecular weight is 505 g/mol. The third-order valence-electron chi connectivity index (χ3n) is 3.78. The zero-order chi connectivity index (χ0) is 25.1. The van der Waals surface area contributed by atoms with Crippen molar-refractivity contribution in [3.8, 4) is 22.2 Å². The molecule has 0 fully saturated rings. The van der Waals surface area contributed by atoms with Gasteiger partial charge in [-0.3, -0.25) is 0 Å². The Morgan fingerprint density at radius 2 is 1.53 bits per heavy atom. The zero-order valence-electron chi connectivity index (χ0n) is 19.7. The molecule has 0 aliphatic rings. The topological polar surface area (TPSA) is 104 Å². The second-order valence-corrected chi connectivity index (χ2v) is 10.4. The molecule has 34 heavy (non-hydrogen) atoms. The van der Waals surface area contributed by atoms with Crippen LogP contribution < -0.4 is 9.64 Å². The first-order valence-electron chi connectivity index (χ1n) is 10.3. The van der Waals surface area contributed by atoms with E-state index in [1.165, 1.54) is 12.4 Å². The van der Waals surface area contributed by atoms with Gasteiger partial charge < -0.3 is 14.2 Å². The van der Waals surface area contributed by atoms with E-state index in [0.29, 0.717) is 11.3 Å². The van der Waals surface area contributed by atoms with Crippen LogP contribution in [0.15, 0.2) is 42.7 Å². The lowest BCUT2D eigenvalue weighted by Crippen LogP contribution is -2.43. The molecule has 0 saturated carbocycles. The number of benzene rings is 1. The van der Waals surface area contributed by atoms with Gasteiger partial charge in [-0.15, -0.1) is 0 Å². The first kappa shape index (κ1) is 25.4. The van der Waals surface area contributed by atoms with Gasteiger partial charge in [0.05, 0.1) is 0 Å². The fraction of sp³-hybridized carbons (Fsp3) is 0.348. The number of imide groups is 1. The highest BCUT2D eigenvalue weighted by Crippen LogP contribution is 2.42. The van der Waals surface area contributed by atoms with Crippen molar-refractivity contribution in [2.75, 3.05) is 4.90 Å². The summed E-state index contributed by atoms with van der Waals surface area (Å²) in [6, 6.07) is 10.6. The Bertz CT molecular complexity index is 1140. The van der Waals surface area contributed by atoms with E-state index in [2.05, 4.69) is 15.0 Å². The monoisotopic (exact) mass is 504 g/mol. The van der Waals surface area contributed by atoms with Gasteiger partial charge in [-0.1, -0.05) is 53.3 Å². The number of ether oxygens (including phenoxy) is 3. The van der Waals surface area contributed by atoms with Gasteiger partial charge in [0.2, 0.25) is 16.1 Å². The number of hydrogen-bond acceptors (Lipinski definition) is 9. The molecule has 1 aromatic carbocycles. The molecule has 9 nitrogen and oxygen atoms in total. The largest absolute Gasteiger partial charge is 0.443 e. The van der Waals surface area contributed by atoms with Gasteiger partial charge in [-0.2, -0.15) is 4.90 Å². The fourth-order valence-electron chi connectivity index (χ4n) is 2.55. The second kappa shape index (κ2) is 9.94. The van der Waals surface area contributed by atoms with E-state index in [-0.39, 0.29) is 21.2 Å². The van der Waals surface area contributed by atoms with Crippen LogP contribution in [-0.2, 0) is 9.47 Å². The lowest BCUT2D eigenvalue weighted by molar-refractivity contribution is 0.0430. The Kier molecular flexibility index (Phi) is 7.42. The summed E-state index contributed by atoms with van der Waals surface area (Å²) in [5.74, 6) is 0.175. The minimum absolute atomic E-state index is 0.0116. The van der Waals surface area contributed by atoms with Crippen LogP contribution in [0.2, 0.25) is 5.15 Å². The molecule has 11 heteroatoms. The number of halogens is 1. The van der Waals surface area contributed by atoms with Crippen LogP contribution in [0, 0.1) is 0 Å². The highest BCUT2D eigenvalue weighted by atomic mass is 35.5. The number of amides is 2. The van der Waals surface area contributed by atoms with Gasteiger partial charge in [-0.25, -0.2) is 24.5 Å². The van der Waals surface area contributed by atoms with Crippen LogP contribution in [0.4, 0.5) is 14.7 Å². The van der Waals surface area contributed by atoms with Crippen LogP contribution in [0.5, 0.6) is 10.9 Å². The van der Waals surface area contributed by atoms with Crippen molar-refractivity contribution in [2.24, 2.45) is 0 Å². The van der Waals surface area contributed by atoms with E-state index in [1.807, 2.05) is 30.3 Å². The lowest BCUT2D eigenvalue weighted by Gasteiger charge is -2.27. The number of carbonyl (C=O) groups is 2. The maximum atomic E-state index is 13.0. The minimum Gasteiger partial charge on any atom is -0.443 e. The van der Waals surface area contributed by atoms with Crippen molar-refractivity contribution in [1.29, 1.82) is 0 Å². The highest BCUT2D eigenvalue weighted by molar-refractivity contribution is 7.18. The molecule has 0 atom stereocenters. The highest BCUT2D eigenvalue weighted by Gasteiger charge is 2.36. The van der Waals surface area contributed by atoms with Crippen LogP contribution in [0.3, 0.4) is 0 Å². The first-order chi connectivity index (χ1) is 15.8. The maximum Gasteiger partial charge on any atom is 0.426 e. The molecule has 2 aromatic heterocycles. The minimum atomic E-state index is -0.924. The van der Waals surface area contributed by atoms with Crippen molar-refractivity contribution >= 4 is 40.3 Å². The van der Waals surface area contributed by atoms with Crippen LogP contribution in [0.25, 0.3) is 11.3 Å². The number of nitrogens with zero attached hydrogens (tertiary/aromatic N) is 4. The van der Waals surface area contributed by atoms with Crippen molar-refractivity contribution in [3.05, 3.63) is 47.9 Å². The van der Waals surface area contributed by atoms with Crippen molar-refractivity contribution in [2.45, 2.75) is 52.7 Å². The molecule has 0 aliphatic carbocycles. The average Bonchev–Trinajstić information content (AvgIpc) is 3.09. The van der Waals surface area contributed by atoms with E-state index in [4.69, 9.17) is 25.8 Å². The normalized spacial score (nSPS) is 11.6. The molecule has 180 valence electrons. The molecule has 0 spiro atoms. The smallest absolute Gasteiger partial charge is 0.426 e. The van der Waals surface area contributed by atoms with Crippen LogP contribution >= 0.6 is 22.9 Å². The number of carbonyl (C=O) groups excluding carboxylic acids is 2. The number of hydrogen-bond donors (Lipinski definition) is 0. The molecular formula is C23H25ClN4O5S. The molecule has 0 unspecified atom stereocenters. The Morgan fingerprint density at radius 1 is 0.941 bits per heavy atom. The quantitative estimate of drug-likeness (QED) is 0.360. The summed E-state index contributed by atoms with van der Waals surface area (Å²) >= 11 is 6.91. The molecule has 2 amide bonds. The number of aromatic nitrogens is 3. The van der Waals surface area contributed by atoms with Crippen molar-refractivity contribution in [3.63, 3.8) is 0 Å². The summed E-state index contributed by atoms with van der Waals surface area (Å²) < 4.78 is 16.8. The molecule has 3 aromatic rings. The Hall–Kier alpha value is -3.24. The van der Waals surface area contributed by atoms with Gasteiger partial charge in [0, 0.05) is 11.6 Å². The molecule has 3 rings (SSSR count). The lowest BCUT2D eigenvalue weighted by atomic mass is 10.2. The van der Waals surface area contributed by atoms with Crippen LogP contribution in [-0.4, -0.2) is 38.3 Å². The fourth-order valence-corrected chi connectivity index (χ4v) is 3.62. The SMILES string of the molecule is CC(C)(C)OC(=O)N(C(=O)OC(C)(C)C)c1nc(-c2ccccc2)c(Oc2cc(Cl)ncn2)s1. The zero-order valence-corrected chi connectivity index (χ0v) is 21.2. The van der Waals surface area contributed by atoms with Crippen LogP contribution in [0.1, 0.15) is 41.5 Å². The van der Waals surface area contributed by atoms with E-state index in [9.17, 15) is 9.59 Å². The van der Waals surface area contributed by atoms with Gasteiger partial charge in [0.1, 0.15) is 28.4 Å². The summed E-state index contributed by atoms with van der Waals surface area (Å²) in [5.41, 5.74) is -0.608. The predicted molar refractivity (Wildman–Crippen MR) is 130 cm³/mol. The van der Waals surface area contributed by atoms with Gasteiger partial charge in [-0.05, 0) is 41.5 Å². The Balaban J connectivity index is 2.10.